The molecule has 0 atom stereocenters. The Hall–Kier alpha value is -2.53. The number of rotatable bonds is 6. The largest absolute Gasteiger partial charge is 0.482 e. The first kappa shape index (κ1) is 19.8. The van der Waals surface area contributed by atoms with Crippen LogP contribution >= 0.6 is 11.6 Å². The second-order valence-corrected chi connectivity index (χ2v) is 7.28. The average molecular weight is 375 g/mol. The van der Waals surface area contributed by atoms with Gasteiger partial charge in [-0.1, -0.05) is 48.0 Å². The summed E-state index contributed by atoms with van der Waals surface area (Å²) in [5, 5.41) is 5.70. The van der Waals surface area contributed by atoms with Crippen LogP contribution in [0.4, 0.5) is 0 Å². The lowest BCUT2D eigenvalue weighted by Gasteiger charge is -2.20. The van der Waals surface area contributed by atoms with Gasteiger partial charge in [0.15, 0.2) is 6.61 Å². The zero-order valence-electron chi connectivity index (χ0n) is 15.1. The first-order valence-corrected chi connectivity index (χ1v) is 8.68. The van der Waals surface area contributed by atoms with Crippen molar-refractivity contribution in [3.05, 3.63) is 53.6 Å². The van der Waals surface area contributed by atoms with Crippen LogP contribution in [0.25, 0.3) is 11.1 Å². The molecule has 2 aromatic carbocycles. The number of carbonyl (C=O) groups excluding carboxylic acids is 2. The molecule has 0 unspecified atom stereocenters. The van der Waals surface area contributed by atoms with Crippen molar-refractivity contribution >= 4 is 23.4 Å². The number of hydrogen-bond acceptors (Lipinski definition) is 3. The molecule has 0 radical (unpaired) electrons. The Morgan fingerprint density at radius 1 is 1.00 bits per heavy atom. The van der Waals surface area contributed by atoms with Crippen LogP contribution in [0.5, 0.6) is 5.75 Å². The fourth-order valence-corrected chi connectivity index (χ4v) is 2.50. The van der Waals surface area contributed by atoms with Crippen molar-refractivity contribution in [2.45, 2.75) is 26.3 Å². The second kappa shape index (κ2) is 8.72. The molecule has 2 N–H and O–H groups in total. The van der Waals surface area contributed by atoms with Gasteiger partial charge in [-0.15, -0.1) is 0 Å². The molecule has 0 fully saturated rings. The molecule has 0 saturated carbocycles. The third-order valence-corrected chi connectivity index (χ3v) is 3.65. The van der Waals surface area contributed by atoms with Crippen molar-refractivity contribution in [1.29, 1.82) is 0 Å². The maximum atomic E-state index is 11.8. The van der Waals surface area contributed by atoms with Crippen molar-refractivity contribution < 1.29 is 14.3 Å². The second-order valence-electron chi connectivity index (χ2n) is 6.87. The Balaban J connectivity index is 1.85. The summed E-state index contributed by atoms with van der Waals surface area (Å²) in [5.74, 6) is -0.228. The van der Waals surface area contributed by atoms with E-state index >= 15 is 0 Å². The molecule has 0 spiro atoms. The number of ether oxygens (including phenoxy) is 1. The van der Waals surface area contributed by atoms with Gasteiger partial charge in [0.2, 0.25) is 5.91 Å². The first-order valence-electron chi connectivity index (χ1n) is 8.30. The van der Waals surface area contributed by atoms with Crippen LogP contribution in [-0.2, 0) is 9.59 Å². The third kappa shape index (κ3) is 6.41. The van der Waals surface area contributed by atoms with E-state index in [0.29, 0.717) is 10.8 Å². The summed E-state index contributed by atoms with van der Waals surface area (Å²) in [5.41, 5.74) is 1.67. The smallest absolute Gasteiger partial charge is 0.258 e. The summed E-state index contributed by atoms with van der Waals surface area (Å²) in [7, 11) is 0. The first-order chi connectivity index (χ1) is 12.2. The maximum Gasteiger partial charge on any atom is 0.258 e. The van der Waals surface area contributed by atoms with Gasteiger partial charge in [-0.05, 0) is 44.0 Å². The van der Waals surface area contributed by atoms with Crippen molar-refractivity contribution in [2.24, 2.45) is 0 Å². The van der Waals surface area contributed by atoms with E-state index < -0.39 is 5.91 Å². The number of halogens is 1. The summed E-state index contributed by atoms with van der Waals surface area (Å²) < 4.78 is 5.45. The van der Waals surface area contributed by atoms with E-state index in [-0.39, 0.29) is 24.6 Å². The fourth-order valence-electron chi connectivity index (χ4n) is 2.26. The van der Waals surface area contributed by atoms with Gasteiger partial charge in [-0.25, -0.2) is 0 Å². The normalized spacial score (nSPS) is 10.9. The van der Waals surface area contributed by atoms with E-state index in [0.717, 1.165) is 11.1 Å². The molecule has 6 heteroatoms. The van der Waals surface area contributed by atoms with E-state index in [1.54, 1.807) is 12.1 Å². The lowest BCUT2D eigenvalue weighted by molar-refractivity contribution is -0.127. The van der Waals surface area contributed by atoms with E-state index in [2.05, 4.69) is 10.6 Å². The van der Waals surface area contributed by atoms with E-state index in [1.807, 2.05) is 57.2 Å². The minimum Gasteiger partial charge on any atom is -0.482 e. The third-order valence-electron chi connectivity index (χ3n) is 3.36. The standard InChI is InChI=1S/C20H23ClN2O3/c1-20(2,3)23-18(24)12-22-19(25)13-26-17-10-9-15(11-16(17)21)14-7-5-4-6-8-14/h4-11H,12-13H2,1-3H3,(H,22,25)(H,23,24). The van der Waals surface area contributed by atoms with Crippen LogP contribution in [0.1, 0.15) is 20.8 Å². The van der Waals surface area contributed by atoms with Gasteiger partial charge in [-0.2, -0.15) is 0 Å². The molecule has 2 aromatic rings. The average Bonchev–Trinajstić information content (AvgIpc) is 2.58. The number of nitrogens with one attached hydrogen (secondary N) is 2. The van der Waals surface area contributed by atoms with Gasteiger partial charge in [0.1, 0.15) is 5.75 Å². The zero-order valence-corrected chi connectivity index (χ0v) is 15.9. The Morgan fingerprint density at radius 2 is 1.69 bits per heavy atom. The predicted molar refractivity (Wildman–Crippen MR) is 103 cm³/mol. The van der Waals surface area contributed by atoms with Gasteiger partial charge in [0, 0.05) is 5.54 Å². The fraction of sp³-hybridized carbons (Fsp3) is 0.300. The van der Waals surface area contributed by atoms with E-state index in [4.69, 9.17) is 16.3 Å². The lowest BCUT2D eigenvalue weighted by atomic mass is 10.1. The van der Waals surface area contributed by atoms with Gasteiger partial charge >= 0.3 is 0 Å². The lowest BCUT2D eigenvalue weighted by Crippen LogP contribution is -2.46. The highest BCUT2D eigenvalue weighted by Gasteiger charge is 2.14. The Morgan fingerprint density at radius 3 is 2.31 bits per heavy atom. The molecule has 26 heavy (non-hydrogen) atoms. The highest BCUT2D eigenvalue weighted by molar-refractivity contribution is 6.32. The van der Waals surface area contributed by atoms with Crippen LogP contribution in [0.3, 0.4) is 0 Å². The topological polar surface area (TPSA) is 67.4 Å². The summed E-state index contributed by atoms with van der Waals surface area (Å²) >= 11 is 6.24. The molecule has 138 valence electrons. The van der Waals surface area contributed by atoms with Gasteiger partial charge in [0.25, 0.3) is 5.91 Å². The van der Waals surface area contributed by atoms with Crippen LogP contribution in [0.2, 0.25) is 5.02 Å². The molecule has 0 bridgehead atoms. The molecule has 5 nitrogen and oxygen atoms in total. The molecule has 0 aromatic heterocycles. The van der Waals surface area contributed by atoms with Crippen molar-refractivity contribution in [3.63, 3.8) is 0 Å². The zero-order chi connectivity index (χ0) is 19.2. The van der Waals surface area contributed by atoms with Crippen molar-refractivity contribution in [1.82, 2.24) is 10.6 Å². The highest BCUT2D eigenvalue weighted by Crippen LogP contribution is 2.30. The molecule has 2 rings (SSSR count). The Bertz CT molecular complexity index is 770. The molecule has 0 heterocycles. The minimum atomic E-state index is -0.391. The Kier molecular flexibility index (Phi) is 6.64. The monoisotopic (exact) mass is 374 g/mol. The summed E-state index contributed by atoms with van der Waals surface area (Å²) in [6.07, 6.45) is 0. The molecular weight excluding hydrogens is 352 g/mol. The molecular formula is C20H23ClN2O3. The number of benzene rings is 2. The number of hydrogen-bond donors (Lipinski definition) is 2. The summed E-state index contributed by atoms with van der Waals surface area (Å²) in [6, 6.07) is 15.2. The quantitative estimate of drug-likeness (QED) is 0.814. The SMILES string of the molecule is CC(C)(C)NC(=O)CNC(=O)COc1ccc(-c2ccccc2)cc1Cl. The highest BCUT2D eigenvalue weighted by atomic mass is 35.5. The number of amides is 2. The summed E-state index contributed by atoms with van der Waals surface area (Å²) in [4.78, 5) is 23.5. The number of carbonyl (C=O) groups is 2. The van der Waals surface area contributed by atoms with Gasteiger partial charge in [0.05, 0.1) is 11.6 Å². The van der Waals surface area contributed by atoms with Gasteiger partial charge < -0.3 is 15.4 Å². The van der Waals surface area contributed by atoms with Gasteiger partial charge in [-0.3, -0.25) is 9.59 Å². The molecule has 2 amide bonds. The van der Waals surface area contributed by atoms with Crippen LogP contribution in [0.15, 0.2) is 48.5 Å². The predicted octanol–water partition coefficient (Wildman–Crippen LogP) is 3.42. The molecule has 0 aliphatic heterocycles. The van der Waals surface area contributed by atoms with Crippen molar-refractivity contribution in [2.75, 3.05) is 13.2 Å². The van der Waals surface area contributed by atoms with E-state index in [9.17, 15) is 9.59 Å². The molecule has 0 saturated heterocycles. The van der Waals surface area contributed by atoms with Crippen LogP contribution in [-0.4, -0.2) is 30.5 Å². The molecule has 0 aliphatic carbocycles. The minimum absolute atomic E-state index is 0.0971. The van der Waals surface area contributed by atoms with Crippen LogP contribution in [0, 0.1) is 0 Å². The van der Waals surface area contributed by atoms with E-state index in [1.165, 1.54) is 0 Å². The molecule has 0 aliphatic rings. The van der Waals surface area contributed by atoms with Crippen LogP contribution < -0.4 is 15.4 Å². The van der Waals surface area contributed by atoms with Crippen molar-refractivity contribution in [3.8, 4) is 16.9 Å². The maximum absolute atomic E-state index is 11.8. The Labute approximate surface area is 158 Å². The summed E-state index contributed by atoms with van der Waals surface area (Å²) in [6.45, 7) is 5.30.